The normalized spacial score (nSPS) is 22.4. The van der Waals surface area contributed by atoms with Crippen LogP contribution < -0.4 is 0 Å². The minimum absolute atomic E-state index is 0.118. The van der Waals surface area contributed by atoms with Crippen molar-refractivity contribution in [1.82, 2.24) is 4.90 Å². The van der Waals surface area contributed by atoms with Crippen molar-refractivity contribution in [3.8, 4) is 0 Å². The molecule has 118 valence electrons. The number of aliphatic hydroxyl groups is 1. The first-order valence-corrected chi connectivity index (χ1v) is 7.81. The average molecular weight is 305 g/mol. The second-order valence-corrected chi connectivity index (χ2v) is 6.36. The van der Waals surface area contributed by atoms with E-state index in [1.54, 1.807) is 6.07 Å². The number of hydrogen-bond donors (Lipinski definition) is 1. The van der Waals surface area contributed by atoms with Gasteiger partial charge in [0.2, 0.25) is 11.8 Å². The van der Waals surface area contributed by atoms with Gasteiger partial charge in [-0.3, -0.25) is 14.5 Å². The van der Waals surface area contributed by atoms with Gasteiger partial charge in [-0.25, -0.2) is 4.39 Å². The predicted octanol–water partition coefficient (Wildman–Crippen LogP) is 2.57. The lowest BCUT2D eigenvalue weighted by Gasteiger charge is -2.30. The van der Waals surface area contributed by atoms with Crippen molar-refractivity contribution in [2.75, 3.05) is 6.54 Å². The van der Waals surface area contributed by atoms with Gasteiger partial charge in [0.05, 0.1) is 18.1 Å². The second kappa shape index (κ2) is 5.80. The first-order valence-electron chi connectivity index (χ1n) is 7.81. The standard InChI is InChI=1S/C17H20FNO3/c18-13-7-3-2-6-12(13)14(20)11-19-15(21)10-17(16(19)22)8-4-1-5-9-17/h2-3,6-7,14,20H,1,4-5,8-11H2/t14-/m1/s1. The quantitative estimate of drug-likeness (QED) is 0.873. The molecule has 1 spiro atoms. The molecular weight excluding hydrogens is 285 g/mol. The number of benzene rings is 1. The fraction of sp³-hybridized carbons (Fsp3) is 0.529. The van der Waals surface area contributed by atoms with Crippen LogP contribution in [0.3, 0.4) is 0 Å². The molecule has 0 aromatic heterocycles. The molecule has 2 aliphatic rings. The Morgan fingerprint density at radius 2 is 1.86 bits per heavy atom. The zero-order chi connectivity index (χ0) is 15.7. The highest BCUT2D eigenvalue weighted by Crippen LogP contribution is 2.45. The zero-order valence-electron chi connectivity index (χ0n) is 12.4. The Hall–Kier alpha value is -1.75. The van der Waals surface area contributed by atoms with Gasteiger partial charge in [-0.05, 0) is 18.9 Å². The summed E-state index contributed by atoms with van der Waals surface area (Å²) in [4.78, 5) is 26.0. The topological polar surface area (TPSA) is 57.6 Å². The van der Waals surface area contributed by atoms with E-state index in [4.69, 9.17) is 0 Å². The molecule has 1 atom stereocenters. The van der Waals surface area contributed by atoms with Crippen LogP contribution in [0.5, 0.6) is 0 Å². The number of carbonyl (C=O) groups excluding carboxylic acids is 2. The molecule has 1 aromatic carbocycles. The fourth-order valence-electron chi connectivity index (χ4n) is 3.68. The lowest BCUT2D eigenvalue weighted by Crippen LogP contribution is -2.39. The van der Waals surface area contributed by atoms with E-state index in [1.807, 2.05) is 0 Å². The minimum atomic E-state index is -1.19. The van der Waals surface area contributed by atoms with Crippen molar-refractivity contribution in [3.63, 3.8) is 0 Å². The lowest BCUT2D eigenvalue weighted by molar-refractivity contribution is -0.143. The van der Waals surface area contributed by atoms with E-state index in [9.17, 15) is 19.1 Å². The summed E-state index contributed by atoms with van der Waals surface area (Å²) in [6.45, 7) is -0.166. The Bertz CT molecular complexity index is 595. The maximum absolute atomic E-state index is 13.7. The first kappa shape index (κ1) is 15.2. The molecule has 1 heterocycles. The van der Waals surface area contributed by atoms with Gasteiger partial charge < -0.3 is 5.11 Å². The molecule has 0 radical (unpaired) electrons. The molecule has 2 fully saturated rings. The molecule has 1 saturated heterocycles. The van der Waals surface area contributed by atoms with E-state index in [0.29, 0.717) is 0 Å². The van der Waals surface area contributed by atoms with Crippen molar-refractivity contribution in [3.05, 3.63) is 35.6 Å². The summed E-state index contributed by atoms with van der Waals surface area (Å²) in [6, 6.07) is 5.89. The van der Waals surface area contributed by atoms with Crippen LogP contribution >= 0.6 is 0 Å². The molecule has 1 aliphatic heterocycles. The van der Waals surface area contributed by atoms with Crippen LogP contribution in [0.15, 0.2) is 24.3 Å². The van der Waals surface area contributed by atoms with Crippen molar-refractivity contribution in [2.45, 2.75) is 44.6 Å². The van der Waals surface area contributed by atoms with Gasteiger partial charge in [-0.1, -0.05) is 37.5 Å². The largest absolute Gasteiger partial charge is 0.386 e. The summed E-state index contributed by atoms with van der Waals surface area (Å²) in [7, 11) is 0. The number of amides is 2. The van der Waals surface area contributed by atoms with Crippen LogP contribution in [0.1, 0.15) is 50.2 Å². The van der Waals surface area contributed by atoms with Crippen LogP contribution in [-0.4, -0.2) is 28.4 Å². The van der Waals surface area contributed by atoms with E-state index in [1.165, 1.54) is 18.2 Å². The molecule has 1 aliphatic carbocycles. The molecule has 0 bridgehead atoms. The molecular formula is C17H20FNO3. The van der Waals surface area contributed by atoms with Crippen molar-refractivity contribution in [2.24, 2.45) is 5.41 Å². The third kappa shape index (κ3) is 2.54. The molecule has 1 saturated carbocycles. The second-order valence-electron chi connectivity index (χ2n) is 6.36. The van der Waals surface area contributed by atoms with Crippen molar-refractivity contribution >= 4 is 11.8 Å². The monoisotopic (exact) mass is 305 g/mol. The fourth-order valence-corrected chi connectivity index (χ4v) is 3.68. The number of hydrogen-bond acceptors (Lipinski definition) is 3. The highest BCUT2D eigenvalue weighted by molar-refractivity contribution is 6.06. The minimum Gasteiger partial charge on any atom is -0.386 e. The Kier molecular flexibility index (Phi) is 4.00. The van der Waals surface area contributed by atoms with E-state index >= 15 is 0 Å². The van der Waals surface area contributed by atoms with Gasteiger partial charge in [0, 0.05) is 12.0 Å². The number of nitrogens with zero attached hydrogens (tertiary/aromatic N) is 1. The molecule has 4 nitrogen and oxygen atoms in total. The number of imide groups is 1. The van der Waals surface area contributed by atoms with Crippen molar-refractivity contribution < 1.29 is 19.1 Å². The molecule has 0 unspecified atom stereocenters. The van der Waals surface area contributed by atoms with E-state index in [-0.39, 0.29) is 30.3 Å². The number of carbonyl (C=O) groups is 2. The summed E-state index contributed by atoms with van der Waals surface area (Å²) in [6.07, 6.45) is 3.55. The Labute approximate surface area is 128 Å². The van der Waals surface area contributed by atoms with Crippen LogP contribution in [0.25, 0.3) is 0 Å². The number of likely N-dealkylation sites (tertiary alicyclic amines) is 1. The van der Waals surface area contributed by atoms with E-state index in [2.05, 4.69) is 0 Å². The summed E-state index contributed by atoms with van der Waals surface area (Å²) in [5, 5.41) is 10.2. The highest BCUT2D eigenvalue weighted by atomic mass is 19.1. The van der Waals surface area contributed by atoms with Gasteiger partial charge in [0.25, 0.3) is 0 Å². The molecule has 1 N–H and O–H groups in total. The third-order valence-corrected chi connectivity index (χ3v) is 4.92. The maximum atomic E-state index is 13.7. The van der Waals surface area contributed by atoms with Crippen LogP contribution in [0.4, 0.5) is 4.39 Å². The van der Waals surface area contributed by atoms with Crippen LogP contribution in [0, 0.1) is 11.2 Å². The van der Waals surface area contributed by atoms with Gasteiger partial charge in [-0.15, -0.1) is 0 Å². The van der Waals surface area contributed by atoms with Gasteiger partial charge >= 0.3 is 0 Å². The molecule has 3 rings (SSSR count). The summed E-state index contributed by atoms with van der Waals surface area (Å²) >= 11 is 0. The Balaban J connectivity index is 1.76. The zero-order valence-corrected chi connectivity index (χ0v) is 12.4. The van der Waals surface area contributed by atoms with Crippen molar-refractivity contribution in [1.29, 1.82) is 0 Å². The smallest absolute Gasteiger partial charge is 0.236 e. The third-order valence-electron chi connectivity index (χ3n) is 4.92. The lowest BCUT2D eigenvalue weighted by atomic mass is 9.73. The molecule has 5 heteroatoms. The summed E-state index contributed by atoms with van der Waals surface area (Å²) in [5.74, 6) is -0.962. The first-order chi connectivity index (χ1) is 10.5. The van der Waals surface area contributed by atoms with E-state index in [0.717, 1.165) is 37.0 Å². The van der Waals surface area contributed by atoms with Crippen LogP contribution in [0.2, 0.25) is 0 Å². The van der Waals surface area contributed by atoms with E-state index < -0.39 is 17.3 Å². The summed E-state index contributed by atoms with van der Waals surface area (Å²) < 4.78 is 13.7. The highest BCUT2D eigenvalue weighted by Gasteiger charge is 2.51. The van der Waals surface area contributed by atoms with Gasteiger partial charge in [0.15, 0.2) is 0 Å². The number of β-amino-alcohol motifs (C(OH)–C–C–N with tert-alkyl or cyclic N) is 1. The predicted molar refractivity (Wildman–Crippen MR) is 78.2 cm³/mol. The molecule has 22 heavy (non-hydrogen) atoms. The number of rotatable bonds is 3. The number of aliphatic hydroxyl groups excluding tert-OH is 1. The SMILES string of the molecule is O=C1CC2(CCCCC2)C(=O)N1C[C@@H](O)c1ccccc1F. The Morgan fingerprint density at radius 1 is 1.18 bits per heavy atom. The number of halogens is 1. The van der Waals surface area contributed by atoms with Crippen LogP contribution in [-0.2, 0) is 9.59 Å². The average Bonchev–Trinajstić information content (AvgIpc) is 2.73. The van der Waals surface area contributed by atoms with Gasteiger partial charge in [-0.2, -0.15) is 0 Å². The Morgan fingerprint density at radius 3 is 2.55 bits per heavy atom. The van der Waals surface area contributed by atoms with Gasteiger partial charge in [0.1, 0.15) is 5.82 Å². The maximum Gasteiger partial charge on any atom is 0.236 e. The molecule has 2 amide bonds. The molecule has 1 aromatic rings. The summed E-state index contributed by atoms with van der Waals surface area (Å²) in [5.41, 5.74) is -0.447.